The van der Waals surface area contributed by atoms with Crippen molar-refractivity contribution in [2.24, 2.45) is 0 Å². The first-order chi connectivity index (χ1) is 27.7. The standard InChI is InChI=1S/C56H41N/c1-30-21-32(3)55(33(4)22-30)57(56-34(5)23-31(2)24-35(56)6)52-29-50-39(46-27-48-42-17-9-13-37-14-10-18-43(54(37)42)49(48)28-51(46)52)20-19-38-25-45-40-15-7-11-36-12-8-16-41(53(36)40)47(45)26-44(38)50/h7-29H,1-6H3. The summed E-state index contributed by atoms with van der Waals surface area (Å²) in [6.07, 6.45) is 0. The number of benzene rings is 10. The number of hydrogen-bond acceptors (Lipinski definition) is 1. The predicted octanol–water partition coefficient (Wildman–Crippen LogP) is 16.1. The summed E-state index contributed by atoms with van der Waals surface area (Å²) in [5.74, 6) is 0. The van der Waals surface area contributed by atoms with Crippen LogP contribution in [0.15, 0.2) is 140 Å². The molecule has 10 aromatic rings. The Bertz CT molecular complexity index is 3360. The van der Waals surface area contributed by atoms with Crippen molar-refractivity contribution in [3.8, 4) is 44.5 Å². The van der Waals surface area contributed by atoms with Crippen LogP contribution < -0.4 is 4.90 Å². The van der Waals surface area contributed by atoms with Crippen molar-refractivity contribution >= 4 is 70.9 Å². The molecule has 1 nitrogen and oxygen atoms in total. The Morgan fingerprint density at radius 3 is 1.18 bits per heavy atom. The Balaban J connectivity index is 1.26. The fourth-order valence-corrected chi connectivity index (χ4v) is 11.1. The Morgan fingerprint density at radius 1 is 0.298 bits per heavy atom. The highest BCUT2D eigenvalue weighted by Gasteiger charge is 2.29. The lowest BCUT2D eigenvalue weighted by Crippen LogP contribution is -2.16. The Kier molecular flexibility index (Phi) is 6.53. The van der Waals surface area contributed by atoms with Gasteiger partial charge in [-0.2, -0.15) is 0 Å². The molecule has 0 saturated heterocycles. The number of anilines is 3. The molecular formula is C56H41N. The van der Waals surface area contributed by atoms with Crippen LogP contribution in [0.3, 0.4) is 0 Å². The predicted molar refractivity (Wildman–Crippen MR) is 246 cm³/mol. The van der Waals surface area contributed by atoms with Gasteiger partial charge in [0.2, 0.25) is 0 Å². The molecule has 270 valence electrons. The lowest BCUT2D eigenvalue weighted by Gasteiger charge is -2.33. The summed E-state index contributed by atoms with van der Waals surface area (Å²) in [6, 6.07) is 53.8. The van der Waals surface area contributed by atoms with Crippen LogP contribution in [-0.4, -0.2) is 0 Å². The molecule has 0 unspecified atom stereocenters. The highest BCUT2D eigenvalue weighted by atomic mass is 15.2. The van der Waals surface area contributed by atoms with Gasteiger partial charge >= 0.3 is 0 Å². The van der Waals surface area contributed by atoms with E-state index in [0.717, 1.165) is 0 Å². The van der Waals surface area contributed by atoms with Gasteiger partial charge in [0, 0.05) is 5.39 Å². The van der Waals surface area contributed by atoms with Gasteiger partial charge in [0.05, 0.1) is 17.1 Å². The van der Waals surface area contributed by atoms with Crippen molar-refractivity contribution in [3.05, 3.63) is 173 Å². The minimum atomic E-state index is 1.21. The molecule has 0 fully saturated rings. The second-order valence-corrected chi connectivity index (χ2v) is 16.9. The summed E-state index contributed by atoms with van der Waals surface area (Å²) < 4.78 is 0. The zero-order chi connectivity index (χ0) is 38.4. The van der Waals surface area contributed by atoms with Crippen molar-refractivity contribution < 1.29 is 0 Å². The quantitative estimate of drug-likeness (QED) is 0.164. The highest BCUT2D eigenvalue weighted by molar-refractivity contribution is 6.27. The minimum absolute atomic E-state index is 1.21. The molecule has 0 atom stereocenters. The Morgan fingerprint density at radius 2 is 0.702 bits per heavy atom. The van der Waals surface area contributed by atoms with E-state index in [0.29, 0.717) is 0 Å². The van der Waals surface area contributed by atoms with Gasteiger partial charge in [-0.3, -0.25) is 0 Å². The van der Waals surface area contributed by atoms with Crippen LogP contribution in [-0.2, 0) is 0 Å². The average Bonchev–Trinajstić information content (AvgIpc) is 3.68. The average molecular weight is 728 g/mol. The van der Waals surface area contributed by atoms with Crippen molar-refractivity contribution in [2.75, 3.05) is 4.90 Å². The second-order valence-electron chi connectivity index (χ2n) is 16.9. The molecular weight excluding hydrogens is 687 g/mol. The van der Waals surface area contributed by atoms with Gasteiger partial charge in [-0.25, -0.2) is 0 Å². The molecule has 0 saturated carbocycles. The van der Waals surface area contributed by atoms with E-state index in [4.69, 9.17) is 0 Å². The molecule has 0 bridgehead atoms. The Labute approximate surface area is 333 Å². The third kappa shape index (κ3) is 4.40. The first-order valence-corrected chi connectivity index (χ1v) is 20.3. The maximum absolute atomic E-state index is 2.62. The number of rotatable bonds is 3. The van der Waals surface area contributed by atoms with Crippen molar-refractivity contribution in [2.45, 2.75) is 41.5 Å². The first kappa shape index (κ1) is 32.5. The third-order valence-electron chi connectivity index (χ3n) is 13.1. The second kappa shape index (κ2) is 11.4. The molecule has 1 heteroatoms. The van der Waals surface area contributed by atoms with Crippen molar-refractivity contribution in [1.82, 2.24) is 0 Å². The molecule has 10 aromatic carbocycles. The molecule has 0 heterocycles. The van der Waals surface area contributed by atoms with Gasteiger partial charge in [0.1, 0.15) is 0 Å². The molecule has 0 aromatic heterocycles. The van der Waals surface area contributed by atoms with Crippen LogP contribution >= 0.6 is 0 Å². The van der Waals surface area contributed by atoms with Gasteiger partial charge in [-0.15, -0.1) is 0 Å². The van der Waals surface area contributed by atoms with Gasteiger partial charge in [-0.05, 0) is 187 Å². The van der Waals surface area contributed by atoms with E-state index in [2.05, 4.69) is 186 Å². The van der Waals surface area contributed by atoms with Crippen LogP contribution in [0, 0.1) is 41.5 Å². The topological polar surface area (TPSA) is 3.24 Å². The lowest BCUT2D eigenvalue weighted by molar-refractivity contribution is 1.17. The molecule has 0 amide bonds. The van der Waals surface area contributed by atoms with E-state index in [1.165, 1.54) is 149 Å². The number of nitrogens with zero attached hydrogens (tertiary/aromatic N) is 1. The zero-order valence-electron chi connectivity index (χ0n) is 33.2. The molecule has 0 N–H and O–H groups in total. The fraction of sp³-hybridized carbons (Fsp3) is 0.107. The van der Waals surface area contributed by atoms with Gasteiger partial charge in [-0.1, -0.05) is 120 Å². The highest BCUT2D eigenvalue weighted by Crippen LogP contribution is 2.54. The lowest BCUT2D eigenvalue weighted by atomic mass is 9.89. The third-order valence-corrected chi connectivity index (χ3v) is 13.1. The zero-order valence-corrected chi connectivity index (χ0v) is 33.2. The van der Waals surface area contributed by atoms with Crippen LogP contribution in [0.1, 0.15) is 33.4 Å². The van der Waals surface area contributed by atoms with E-state index in [-0.39, 0.29) is 0 Å². The maximum Gasteiger partial charge on any atom is 0.0547 e. The molecule has 0 spiro atoms. The SMILES string of the molecule is Cc1cc(C)c(N(c2c(C)cc(C)cc2C)c2cc3c4cc5c(cc4ccc3c3cc4c(cc23)-c2cccc3cccc-4c23)-c2cccc3cccc-5c23)c(C)c1. The molecule has 0 radical (unpaired) electrons. The summed E-state index contributed by atoms with van der Waals surface area (Å²) in [7, 11) is 0. The van der Waals surface area contributed by atoms with Gasteiger partial charge in [0.15, 0.2) is 0 Å². The van der Waals surface area contributed by atoms with Crippen molar-refractivity contribution in [1.29, 1.82) is 0 Å². The largest absolute Gasteiger partial charge is 0.309 e. The first-order valence-electron chi connectivity index (χ1n) is 20.3. The Hall–Kier alpha value is -6.70. The molecule has 0 aliphatic heterocycles. The van der Waals surface area contributed by atoms with Gasteiger partial charge < -0.3 is 4.90 Å². The summed E-state index contributed by atoms with van der Waals surface area (Å²) in [5, 5.41) is 13.0. The van der Waals surface area contributed by atoms with E-state index < -0.39 is 0 Å². The van der Waals surface area contributed by atoms with Crippen LogP contribution in [0.2, 0.25) is 0 Å². The fourth-order valence-electron chi connectivity index (χ4n) is 11.1. The smallest absolute Gasteiger partial charge is 0.0547 e. The number of hydrogen-bond donors (Lipinski definition) is 0. The van der Waals surface area contributed by atoms with Crippen LogP contribution in [0.25, 0.3) is 98.4 Å². The van der Waals surface area contributed by atoms with E-state index in [1.54, 1.807) is 0 Å². The van der Waals surface area contributed by atoms with Crippen LogP contribution in [0.5, 0.6) is 0 Å². The number of aryl methyl sites for hydroxylation is 6. The van der Waals surface area contributed by atoms with E-state index in [1.807, 2.05) is 0 Å². The molecule has 2 aliphatic rings. The van der Waals surface area contributed by atoms with Gasteiger partial charge in [0.25, 0.3) is 0 Å². The minimum Gasteiger partial charge on any atom is -0.309 e. The van der Waals surface area contributed by atoms with Crippen LogP contribution in [0.4, 0.5) is 17.1 Å². The summed E-state index contributed by atoms with van der Waals surface area (Å²) >= 11 is 0. The normalized spacial score (nSPS) is 12.4. The molecule has 12 rings (SSSR count). The van der Waals surface area contributed by atoms with E-state index in [9.17, 15) is 0 Å². The summed E-state index contributed by atoms with van der Waals surface area (Å²) in [4.78, 5) is 2.62. The monoisotopic (exact) mass is 727 g/mol. The molecule has 2 aliphatic carbocycles. The molecule has 57 heavy (non-hydrogen) atoms. The van der Waals surface area contributed by atoms with Crippen molar-refractivity contribution in [3.63, 3.8) is 0 Å². The number of fused-ring (bicyclic) bond motifs is 11. The van der Waals surface area contributed by atoms with E-state index >= 15 is 0 Å². The summed E-state index contributed by atoms with van der Waals surface area (Å²) in [5.41, 5.74) is 22.0. The maximum atomic E-state index is 2.62. The summed E-state index contributed by atoms with van der Waals surface area (Å²) in [6.45, 7) is 13.6.